The van der Waals surface area contributed by atoms with Gasteiger partial charge in [0.2, 0.25) is 12.0 Å². The quantitative estimate of drug-likeness (QED) is 0.344. The van der Waals surface area contributed by atoms with Crippen LogP contribution in [0.25, 0.3) is 0 Å². The minimum Gasteiger partial charge on any atom is -0.481 e. The number of aromatic nitrogens is 2. The van der Waals surface area contributed by atoms with Crippen LogP contribution in [0.3, 0.4) is 0 Å². The molecule has 0 unspecified atom stereocenters. The van der Waals surface area contributed by atoms with Gasteiger partial charge in [-0.3, -0.25) is 4.79 Å². The Morgan fingerprint density at radius 3 is 2.24 bits per heavy atom. The minimum absolute atomic E-state index is 0.150. The van der Waals surface area contributed by atoms with Crippen molar-refractivity contribution in [1.82, 2.24) is 10.1 Å². The molecular weight excluding hydrogens is 462 g/mol. The Hall–Kier alpha value is -3.38. The van der Waals surface area contributed by atoms with Crippen molar-refractivity contribution < 1.29 is 50.3 Å². The third-order valence-electron chi connectivity index (χ3n) is 5.04. The highest BCUT2D eigenvalue weighted by Crippen LogP contribution is 2.52. The van der Waals surface area contributed by atoms with Crippen LogP contribution in [0.15, 0.2) is 40.9 Å². The number of carbonyl (C=O) groups is 2. The minimum atomic E-state index is -5.09. The van der Waals surface area contributed by atoms with Crippen molar-refractivity contribution in [2.24, 2.45) is 0 Å². The summed E-state index contributed by atoms with van der Waals surface area (Å²) in [6.07, 6.45) is -13.3. The van der Waals surface area contributed by atoms with Crippen LogP contribution >= 0.6 is 0 Å². The van der Waals surface area contributed by atoms with Crippen LogP contribution in [0.1, 0.15) is 42.1 Å². The summed E-state index contributed by atoms with van der Waals surface area (Å²) in [5.74, 6) is -3.32. The number of hydrogen-bond donors (Lipinski definition) is 1. The fraction of sp³-hybridized carbons (Fsp3) is 0.400. The monoisotopic (exact) mass is 478 g/mol. The fourth-order valence-electron chi connectivity index (χ4n) is 3.12. The lowest BCUT2D eigenvalue weighted by Crippen LogP contribution is -2.36. The number of hydrogen-bond acceptors (Lipinski definition) is 6. The average Bonchev–Trinajstić information content (AvgIpc) is 3.38. The van der Waals surface area contributed by atoms with Crippen molar-refractivity contribution >= 4 is 11.9 Å². The Balaban J connectivity index is 1.68. The van der Waals surface area contributed by atoms with E-state index in [0.29, 0.717) is 18.4 Å². The second kappa shape index (κ2) is 8.52. The number of alkyl halides is 6. The molecule has 33 heavy (non-hydrogen) atoms. The first kappa shape index (κ1) is 24.3. The summed E-state index contributed by atoms with van der Waals surface area (Å²) in [5.41, 5.74) is -1.53. The second-order valence-electron chi connectivity index (χ2n) is 7.48. The Bertz CT molecular complexity index is 1050. The van der Waals surface area contributed by atoms with Gasteiger partial charge in [0, 0.05) is 5.57 Å². The number of carboxylic acid groups (broad SMARTS) is 1. The van der Waals surface area contributed by atoms with Crippen LogP contribution in [-0.2, 0) is 32.3 Å². The van der Waals surface area contributed by atoms with Gasteiger partial charge in [0.05, 0.1) is 23.8 Å². The summed E-state index contributed by atoms with van der Waals surface area (Å²) in [6.45, 7) is 3.32. The van der Waals surface area contributed by atoms with Crippen molar-refractivity contribution in [3.8, 4) is 0 Å². The Morgan fingerprint density at radius 1 is 1.15 bits per heavy atom. The highest BCUT2D eigenvalue weighted by molar-refractivity contribution is 5.88. The van der Waals surface area contributed by atoms with Crippen molar-refractivity contribution in [3.63, 3.8) is 0 Å². The van der Waals surface area contributed by atoms with Gasteiger partial charge in [0.25, 0.3) is 0 Å². The van der Waals surface area contributed by atoms with Crippen LogP contribution in [-0.4, -0.2) is 39.5 Å². The summed E-state index contributed by atoms with van der Waals surface area (Å²) in [7, 11) is 0. The third-order valence-corrected chi connectivity index (χ3v) is 5.04. The molecule has 1 N–H and O–H groups in total. The van der Waals surface area contributed by atoms with E-state index in [-0.39, 0.29) is 11.7 Å². The molecule has 0 amide bonds. The molecule has 1 aromatic carbocycles. The molecule has 13 heteroatoms. The van der Waals surface area contributed by atoms with E-state index < -0.39 is 59.8 Å². The summed E-state index contributed by atoms with van der Waals surface area (Å²) in [4.78, 5) is 26.6. The molecule has 0 bridgehead atoms. The normalized spacial score (nSPS) is 16.2. The van der Waals surface area contributed by atoms with Gasteiger partial charge in [-0.15, -0.1) is 0 Å². The van der Waals surface area contributed by atoms with E-state index in [4.69, 9.17) is 9.63 Å². The van der Waals surface area contributed by atoms with Crippen LogP contribution in [0, 0.1) is 0 Å². The zero-order valence-electron chi connectivity index (χ0n) is 16.7. The van der Waals surface area contributed by atoms with Gasteiger partial charge in [-0.2, -0.15) is 31.3 Å². The first-order chi connectivity index (χ1) is 15.2. The highest BCUT2D eigenvalue weighted by atomic mass is 19.4. The molecule has 0 radical (unpaired) electrons. The van der Waals surface area contributed by atoms with E-state index in [1.807, 2.05) is 0 Å². The van der Waals surface area contributed by atoms with Crippen molar-refractivity contribution in [2.75, 3.05) is 0 Å². The fourth-order valence-corrected chi connectivity index (χ4v) is 3.12. The van der Waals surface area contributed by atoms with Gasteiger partial charge in [-0.1, -0.05) is 23.9 Å². The van der Waals surface area contributed by atoms with Gasteiger partial charge in [-0.05, 0) is 30.5 Å². The molecule has 7 nitrogen and oxygen atoms in total. The summed E-state index contributed by atoms with van der Waals surface area (Å²) >= 11 is 0. The lowest BCUT2D eigenvalue weighted by Gasteiger charge is -2.19. The number of ether oxygens (including phenoxy) is 1. The highest BCUT2D eigenvalue weighted by Gasteiger charge is 2.50. The molecular formula is C20H16F6N2O5. The van der Waals surface area contributed by atoms with Gasteiger partial charge in [0.15, 0.2) is 5.82 Å². The Labute approximate surface area is 182 Å². The number of halogens is 6. The molecule has 2 aromatic rings. The molecule has 1 aromatic heterocycles. The van der Waals surface area contributed by atoms with Crippen LogP contribution in [0.2, 0.25) is 0 Å². The number of nitrogens with zero attached hydrogens (tertiary/aromatic N) is 2. The van der Waals surface area contributed by atoms with E-state index >= 15 is 0 Å². The smallest absolute Gasteiger partial charge is 0.426 e. The average molecular weight is 478 g/mol. The van der Waals surface area contributed by atoms with E-state index in [2.05, 4.69) is 21.5 Å². The second-order valence-corrected chi connectivity index (χ2v) is 7.48. The third kappa shape index (κ3) is 5.52. The molecule has 1 heterocycles. The topological polar surface area (TPSA) is 103 Å². The number of rotatable bonds is 8. The van der Waals surface area contributed by atoms with E-state index in [0.717, 1.165) is 12.1 Å². The molecule has 178 valence electrons. The van der Waals surface area contributed by atoms with Crippen molar-refractivity contribution in [3.05, 3.63) is 59.3 Å². The Kier molecular flexibility index (Phi) is 6.27. The van der Waals surface area contributed by atoms with Gasteiger partial charge < -0.3 is 14.4 Å². The van der Waals surface area contributed by atoms with Gasteiger partial charge >= 0.3 is 24.3 Å². The van der Waals surface area contributed by atoms with E-state index in [9.17, 15) is 35.9 Å². The first-order valence-electron chi connectivity index (χ1n) is 9.40. The lowest BCUT2D eigenvalue weighted by molar-refractivity contribution is -0.222. The lowest BCUT2D eigenvalue weighted by atomic mass is 9.94. The number of aliphatic carboxylic acids is 1. The molecule has 3 rings (SSSR count). The van der Waals surface area contributed by atoms with Gasteiger partial charge in [-0.25, -0.2) is 4.79 Å². The zero-order valence-corrected chi connectivity index (χ0v) is 16.7. The number of carbonyl (C=O) groups excluding carboxylic acids is 1. The maximum absolute atomic E-state index is 12.9. The Morgan fingerprint density at radius 2 is 1.76 bits per heavy atom. The molecule has 0 spiro atoms. The molecule has 0 aliphatic heterocycles. The largest absolute Gasteiger partial charge is 0.481 e. The maximum Gasteiger partial charge on any atom is 0.426 e. The summed E-state index contributed by atoms with van der Waals surface area (Å²) < 4.78 is 86.1. The molecule has 1 fully saturated rings. The molecule has 0 saturated heterocycles. The van der Waals surface area contributed by atoms with E-state index in [1.165, 1.54) is 12.1 Å². The summed E-state index contributed by atoms with van der Waals surface area (Å²) in [6, 6.07) is 4.48. The van der Waals surface area contributed by atoms with Crippen LogP contribution < -0.4 is 0 Å². The maximum atomic E-state index is 12.9. The predicted octanol–water partition coefficient (Wildman–Crippen LogP) is 4.22. The van der Waals surface area contributed by atoms with E-state index in [1.54, 1.807) is 0 Å². The SMILES string of the molecule is C=C(Cc1nc(C2(c3ccc(C(F)(F)F)cc3)CC2)no1)C(=O)O[C@@H](CC(=O)O)C(F)(F)F. The van der Waals surface area contributed by atoms with Gasteiger partial charge in [0.1, 0.15) is 0 Å². The van der Waals surface area contributed by atoms with Crippen molar-refractivity contribution in [1.29, 1.82) is 0 Å². The number of esters is 1. The van der Waals surface area contributed by atoms with Crippen LogP contribution in [0.4, 0.5) is 26.3 Å². The standard InChI is InChI=1S/C20H16F6N2O5/c1-10(16(31)32-13(9-15(29)30)20(24,25)26)8-14-27-17(28-33-14)18(6-7-18)11-2-4-12(5-3-11)19(21,22)23/h2-5,13H,1,6-9H2,(H,29,30)/t13-/m0/s1. The summed E-state index contributed by atoms with van der Waals surface area (Å²) in [5, 5.41) is 12.4. The number of carboxylic acids is 1. The molecule has 1 saturated carbocycles. The molecule has 1 aliphatic rings. The molecule has 1 aliphatic carbocycles. The number of benzene rings is 1. The van der Waals surface area contributed by atoms with Crippen LogP contribution in [0.5, 0.6) is 0 Å². The molecule has 1 atom stereocenters. The zero-order chi connectivity index (χ0) is 24.6. The predicted molar refractivity (Wildman–Crippen MR) is 96.8 cm³/mol. The van der Waals surface area contributed by atoms with Crippen molar-refractivity contribution in [2.45, 2.75) is 49.6 Å². The first-order valence-corrected chi connectivity index (χ1v) is 9.40.